The van der Waals surface area contributed by atoms with Gasteiger partial charge in [0.2, 0.25) is 0 Å². The van der Waals surface area contributed by atoms with Gasteiger partial charge in [0.25, 0.3) is 5.91 Å². The van der Waals surface area contributed by atoms with Gasteiger partial charge in [-0.05, 0) is 54.8 Å². The number of amides is 3. The summed E-state index contributed by atoms with van der Waals surface area (Å²) in [4.78, 5) is 27.3. The highest BCUT2D eigenvalue weighted by Gasteiger charge is 2.49. The van der Waals surface area contributed by atoms with Crippen LogP contribution >= 0.6 is 0 Å². The molecule has 0 bridgehead atoms. The lowest BCUT2D eigenvalue weighted by Crippen LogP contribution is -2.41. The monoisotopic (exact) mass is 412 g/mol. The Hall–Kier alpha value is -3.42. The Bertz CT molecular complexity index is 1020. The normalized spacial score (nSPS) is 20.2. The Kier molecular flexibility index (Phi) is 4.93. The molecule has 0 spiro atoms. The molecule has 0 saturated carbocycles. The molecule has 2 heterocycles. The molecule has 8 nitrogen and oxygen atoms in total. The minimum absolute atomic E-state index is 0.122. The van der Waals surface area contributed by atoms with Crippen LogP contribution in [0.25, 0.3) is 0 Å². The molecule has 2 aromatic carbocycles. The maximum atomic E-state index is 13.3. The summed E-state index contributed by atoms with van der Waals surface area (Å²) in [5, 5.41) is 2.83. The summed E-state index contributed by atoms with van der Waals surface area (Å²) in [6, 6.07) is 8.44. The van der Waals surface area contributed by atoms with Gasteiger partial charge in [0.1, 0.15) is 18.8 Å². The third kappa shape index (κ3) is 3.18. The Balaban J connectivity index is 1.63. The zero-order chi connectivity index (χ0) is 21.5. The van der Waals surface area contributed by atoms with Crippen molar-refractivity contribution < 1.29 is 28.5 Å². The number of hydrogen-bond acceptors (Lipinski definition) is 6. The van der Waals surface area contributed by atoms with E-state index >= 15 is 0 Å². The van der Waals surface area contributed by atoms with Gasteiger partial charge >= 0.3 is 6.03 Å². The Morgan fingerprint density at radius 3 is 2.40 bits per heavy atom. The number of ether oxygens (including phenoxy) is 4. The second-order valence-corrected chi connectivity index (χ2v) is 7.44. The summed E-state index contributed by atoms with van der Waals surface area (Å²) in [7, 11) is 3.11. The van der Waals surface area contributed by atoms with Crippen LogP contribution in [0.2, 0.25) is 0 Å². The molecule has 2 aromatic rings. The first-order valence-corrected chi connectivity index (χ1v) is 9.63. The molecule has 0 radical (unpaired) electrons. The van der Waals surface area contributed by atoms with Crippen molar-refractivity contribution in [3.05, 3.63) is 47.0 Å². The number of carbonyl (C=O) groups excluding carboxylic acids is 2. The van der Waals surface area contributed by atoms with Crippen LogP contribution in [0, 0.1) is 6.92 Å². The first kappa shape index (κ1) is 19.9. The van der Waals surface area contributed by atoms with E-state index in [1.807, 2.05) is 13.0 Å². The second-order valence-electron chi connectivity index (χ2n) is 7.44. The molecule has 0 unspecified atom stereocenters. The number of benzene rings is 2. The van der Waals surface area contributed by atoms with Crippen molar-refractivity contribution in [3.63, 3.8) is 0 Å². The average Bonchev–Trinajstić information content (AvgIpc) is 2.98. The number of rotatable bonds is 5. The molecule has 1 N–H and O–H groups in total. The van der Waals surface area contributed by atoms with E-state index in [-0.39, 0.29) is 12.5 Å². The van der Waals surface area contributed by atoms with E-state index in [0.29, 0.717) is 41.8 Å². The van der Waals surface area contributed by atoms with Gasteiger partial charge in [-0.2, -0.15) is 0 Å². The fraction of sp³-hybridized carbons (Fsp3) is 0.364. The number of methoxy groups -OCH3 is 2. The Morgan fingerprint density at radius 1 is 1.03 bits per heavy atom. The first-order valence-electron chi connectivity index (χ1n) is 9.63. The number of imide groups is 1. The lowest BCUT2D eigenvalue weighted by Gasteiger charge is -2.25. The number of carbonyl (C=O) groups is 2. The molecule has 8 heteroatoms. The first-order chi connectivity index (χ1) is 14.4. The number of nitrogens with one attached hydrogen (secondary N) is 1. The molecule has 2 aliphatic heterocycles. The number of nitrogens with zero attached hydrogens (tertiary/aromatic N) is 1. The van der Waals surface area contributed by atoms with Crippen molar-refractivity contribution in [1.29, 1.82) is 0 Å². The predicted molar refractivity (Wildman–Crippen MR) is 108 cm³/mol. The number of fused-ring (bicyclic) bond motifs is 1. The quantitative estimate of drug-likeness (QED) is 0.760. The van der Waals surface area contributed by atoms with E-state index < -0.39 is 11.6 Å². The predicted octanol–water partition coefficient (Wildman–Crippen LogP) is 2.75. The van der Waals surface area contributed by atoms with Crippen molar-refractivity contribution in [2.24, 2.45) is 0 Å². The van der Waals surface area contributed by atoms with Crippen molar-refractivity contribution >= 4 is 11.9 Å². The largest absolute Gasteiger partial charge is 0.493 e. The highest BCUT2D eigenvalue weighted by Crippen LogP contribution is 2.38. The zero-order valence-corrected chi connectivity index (χ0v) is 17.4. The summed E-state index contributed by atoms with van der Waals surface area (Å²) in [5.74, 6) is 1.99. The zero-order valence-electron chi connectivity index (χ0n) is 17.4. The van der Waals surface area contributed by atoms with Crippen molar-refractivity contribution in [1.82, 2.24) is 10.2 Å². The molecule has 0 aromatic heterocycles. The standard InChI is InChI=1S/C22H24N2O6/c1-13-9-17(27-3)18(28-4)10-14(13)12-24-20(25)22(2,23-21(24)26)15-5-6-16-19(11-15)30-8-7-29-16/h5-6,9-11H,7-8,12H2,1-4H3,(H,23,26)/t22-/m0/s1. The van der Waals surface area contributed by atoms with Gasteiger partial charge in [-0.1, -0.05) is 6.07 Å². The SMILES string of the molecule is COc1cc(C)c(CN2C(=O)N[C@@](C)(c3ccc4c(c3)OCCO4)C2=O)cc1OC. The van der Waals surface area contributed by atoms with Gasteiger partial charge in [0, 0.05) is 0 Å². The molecule has 158 valence electrons. The molecule has 30 heavy (non-hydrogen) atoms. The minimum atomic E-state index is -1.20. The van der Waals surface area contributed by atoms with Gasteiger partial charge in [0.05, 0.1) is 20.8 Å². The van der Waals surface area contributed by atoms with E-state index in [2.05, 4.69) is 5.32 Å². The van der Waals surface area contributed by atoms with Crippen molar-refractivity contribution in [2.45, 2.75) is 25.9 Å². The lowest BCUT2D eigenvalue weighted by atomic mass is 9.91. The second kappa shape index (κ2) is 7.44. The van der Waals surface area contributed by atoms with Gasteiger partial charge in [-0.3, -0.25) is 9.69 Å². The van der Waals surface area contributed by atoms with E-state index in [9.17, 15) is 9.59 Å². The maximum absolute atomic E-state index is 13.3. The summed E-state index contributed by atoms with van der Waals surface area (Å²) < 4.78 is 21.8. The van der Waals surface area contributed by atoms with E-state index in [4.69, 9.17) is 18.9 Å². The molecule has 1 fully saturated rings. The third-order valence-corrected chi connectivity index (χ3v) is 5.57. The van der Waals surface area contributed by atoms with Gasteiger partial charge in [-0.15, -0.1) is 0 Å². The van der Waals surface area contributed by atoms with Crippen LogP contribution in [-0.2, 0) is 16.9 Å². The summed E-state index contributed by atoms with van der Waals surface area (Å²) >= 11 is 0. The molecule has 1 atom stereocenters. The molecule has 1 saturated heterocycles. The molecule has 3 amide bonds. The molecule has 0 aliphatic carbocycles. The van der Waals surface area contributed by atoms with Crippen molar-refractivity contribution in [2.75, 3.05) is 27.4 Å². The molecular weight excluding hydrogens is 388 g/mol. The Morgan fingerprint density at radius 2 is 1.70 bits per heavy atom. The van der Waals surface area contributed by atoms with E-state index in [0.717, 1.165) is 11.1 Å². The van der Waals surface area contributed by atoms with Crippen LogP contribution in [0.5, 0.6) is 23.0 Å². The highest BCUT2D eigenvalue weighted by molar-refractivity contribution is 6.07. The fourth-order valence-corrected chi connectivity index (χ4v) is 3.75. The maximum Gasteiger partial charge on any atom is 0.325 e. The van der Waals surface area contributed by atoms with Crippen LogP contribution in [0.1, 0.15) is 23.6 Å². The van der Waals surface area contributed by atoms with Crippen molar-refractivity contribution in [3.8, 4) is 23.0 Å². The van der Waals surface area contributed by atoms with Crippen LogP contribution in [0.15, 0.2) is 30.3 Å². The number of urea groups is 1. The molecule has 4 rings (SSSR count). The summed E-state index contributed by atoms with van der Waals surface area (Å²) in [6.45, 7) is 4.64. The number of hydrogen-bond donors (Lipinski definition) is 1. The Labute approximate surface area is 174 Å². The molecule has 2 aliphatic rings. The van der Waals surface area contributed by atoms with E-state index in [1.165, 1.54) is 4.90 Å². The van der Waals surface area contributed by atoms with Crippen LogP contribution in [0.4, 0.5) is 4.79 Å². The topological polar surface area (TPSA) is 86.3 Å². The van der Waals surface area contributed by atoms with Crippen LogP contribution in [-0.4, -0.2) is 44.3 Å². The van der Waals surface area contributed by atoms with Crippen LogP contribution < -0.4 is 24.3 Å². The summed E-state index contributed by atoms with van der Waals surface area (Å²) in [6.07, 6.45) is 0. The lowest BCUT2D eigenvalue weighted by molar-refractivity contribution is -0.131. The minimum Gasteiger partial charge on any atom is -0.493 e. The smallest absolute Gasteiger partial charge is 0.325 e. The van der Waals surface area contributed by atoms with Gasteiger partial charge < -0.3 is 24.3 Å². The van der Waals surface area contributed by atoms with Gasteiger partial charge in [-0.25, -0.2) is 4.79 Å². The van der Waals surface area contributed by atoms with E-state index in [1.54, 1.807) is 45.4 Å². The summed E-state index contributed by atoms with van der Waals surface area (Å²) in [5.41, 5.74) is 1.12. The van der Waals surface area contributed by atoms with Crippen LogP contribution in [0.3, 0.4) is 0 Å². The highest BCUT2D eigenvalue weighted by atomic mass is 16.6. The molecular formula is C22H24N2O6. The third-order valence-electron chi connectivity index (χ3n) is 5.57. The fourth-order valence-electron chi connectivity index (χ4n) is 3.75. The number of aryl methyl sites for hydroxylation is 1. The van der Waals surface area contributed by atoms with Gasteiger partial charge in [0.15, 0.2) is 23.0 Å². The average molecular weight is 412 g/mol.